The standard InChI is InChI=1S/C38H52N2O66S14.14Na/c41-33(39-13-1-5-15(6-2-13)89-35-29(103-117(73,74)75)25(99-113(61,62)63)21(17(91-35)9-85-107(43,44)45)95-37-31(105-119(79,80)81)27(101-115(67,68)69)23(97-111(55,56)57)19(93-37)11-87-109(49,50)51)34(42)40-14-3-7-16(8-4-14)90-36-30(104-118(76,77)78)26(100-114(64,65)66)22(18(92-36)10-86-108(46,47)48)96-38-32(106-120(82,83)84)28(102-116(70,71)72)24(98-112(58,59)60)20(94-38)12-88-110(52,53)54;;;;;;;;;;;;;;/h1-8,17-32,35-38H,9-12H2,(H,39,41)(H,40,42)(H,43,44,45)(H,46,47,48)(H,49,50,51)(H,52,53,54)(H,55,56,57)(H,58,59,60)(H,61,62,63)(H,64,65,66)(H,67,68,69)(H,70,71,72)(H,73,74,75)(H,76,77,78)(H,79,80,81)(H,82,83,84);;;;;;;;;;;;;;/q;14*+1/t17-,18-,19-,20-,21-,22-,23-,24-,25+,26+,27+,28+,29-,30-,31-,32-,35-,36-,37-,38-;;;;;;;;;;;;;;/m1............../s1. The zero-order chi connectivity index (χ0) is 91.5. The van der Waals surface area contributed by atoms with E-state index >= 15 is 0 Å². The van der Waals surface area contributed by atoms with E-state index in [0.29, 0.717) is 24.3 Å². The van der Waals surface area contributed by atoms with Gasteiger partial charge in [-0.1, -0.05) is 0 Å². The van der Waals surface area contributed by atoms with E-state index in [2.05, 4.69) is 58.6 Å². The van der Waals surface area contributed by atoms with E-state index in [1.165, 1.54) is 0 Å². The molecule has 2 aromatic rings. The Kier molecular flexibility index (Phi) is 78.8. The largest absolute Gasteiger partial charge is 1.00 e. The number of hydrogen-bond acceptors (Lipinski definition) is 52. The molecule has 694 valence electrons. The molecule has 2 aromatic carbocycles. The summed E-state index contributed by atoms with van der Waals surface area (Å²) in [6.07, 6.45) is -64.6. The Balaban J connectivity index is -0.00000159. The fourth-order valence-corrected chi connectivity index (χ4v) is 16.2. The van der Waals surface area contributed by atoms with Gasteiger partial charge in [0.1, 0.15) is 84.7 Å². The van der Waals surface area contributed by atoms with Gasteiger partial charge in [-0.15, -0.1) is 0 Å². The van der Waals surface area contributed by atoms with E-state index in [1.54, 1.807) is 0 Å². The summed E-state index contributed by atoms with van der Waals surface area (Å²) in [6, 6.07) is 5.49. The van der Waals surface area contributed by atoms with Crippen LogP contribution in [0.2, 0.25) is 0 Å². The van der Waals surface area contributed by atoms with Crippen molar-refractivity contribution in [1.29, 1.82) is 0 Å². The van der Waals surface area contributed by atoms with E-state index in [0.717, 1.165) is 24.3 Å². The summed E-state index contributed by atoms with van der Waals surface area (Å²) in [5.41, 5.74) is -1.06. The van der Waals surface area contributed by atoms with Crippen molar-refractivity contribution in [1.82, 2.24) is 0 Å². The number of nitrogens with one attached hydrogen (secondary N) is 2. The Hall–Kier alpha value is 8.92. The van der Waals surface area contributed by atoms with Crippen molar-refractivity contribution in [2.75, 3.05) is 37.1 Å². The summed E-state index contributed by atoms with van der Waals surface area (Å²) >= 11 is 0. The zero-order valence-corrected chi connectivity index (χ0v) is 110. The van der Waals surface area contributed by atoms with Crippen LogP contribution in [0.4, 0.5) is 11.4 Å². The van der Waals surface area contributed by atoms with Crippen LogP contribution >= 0.6 is 0 Å². The quantitative estimate of drug-likeness (QED) is 0.0167. The van der Waals surface area contributed by atoms with Gasteiger partial charge < -0.3 is 48.5 Å². The van der Waals surface area contributed by atoms with Crippen molar-refractivity contribution in [2.24, 2.45) is 0 Å². The summed E-state index contributed by atoms with van der Waals surface area (Å²) < 4.78 is 577. The van der Waals surface area contributed by atoms with Crippen molar-refractivity contribution >= 4 is 169 Å². The fraction of sp³-hybridized carbons (Fsp3) is 0.632. The van der Waals surface area contributed by atoms with Gasteiger partial charge in [0.05, 0.1) is 26.4 Å². The Morgan fingerprint density at radius 1 is 0.224 bits per heavy atom. The molecule has 6 rings (SSSR count). The average molecular weight is 2360 g/mol. The third-order valence-electron chi connectivity index (χ3n) is 13.7. The third kappa shape index (κ3) is 62.0. The number of ether oxygens (including phenoxy) is 8. The molecule has 134 heavy (non-hydrogen) atoms. The van der Waals surface area contributed by atoms with Crippen LogP contribution in [0.25, 0.3) is 0 Å². The first-order valence-corrected chi connectivity index (χ1v) is 48.2. The van der Waals surface area contributed by atoms with Gasteiger partial charge in [-0.2, -0.15) is 118 Å². The molecule has 68 nitrogen and oxygen atoms in total. The molecule has 4 heterocycles. The first-order valence-electron chi connectivity index (χ1n) is 29.0. The van der Waals surface area contributed by atoms with Crippen molar-refractivity contribution in [3.63, 3.8) is 0 Å². The first-order chi connectivity index (χ1) is 53.9. The molecule has 0 aliphatic carbocycles. The molecule has 4 aliphatic rings. The van der Waals surface area contributed by atoms with E-state index in [1.807, 2.05) is 10.6 Å². The van der Waals surface area contributed by atoms with Crippen LogP contribution in [0.15, 0.2) is 48.5 Å². The van der Waals surface area contributed by atoms with Crippen LogP contribution in [0, 0.1) is 0 Å². The predicted molar refractivity (Wildman–Crippen MR) is 350 cm³/mol. The maximum atomic E-state index is 13.3. The van der Waals surface area contributed by atoms with Gasteiger partial charge in [-0.3, -0.25) is 73.3 Å². The minimum absolute atomic E-state index is 0. The number of anilines is 2. The number of carbonyl (C=O) groups is 2. The van der Waals surface area contributed by atoms with Crippen LogP contribution in [0.1, 0.15) is 0 Å². The summed E-state index contributed by atoms with van der Waals surface area (Å²) in [6.45, 7) is -7.97. The third-order valence-corrected chi connectivity index (χ3v) is 20.1. The second kappa shape index (κ2) is 65.8. The normalized spacial score (nSPS) is 25.9. The van der Waals surface area contributed by atoms with Gasteiger partial charge in [-0.05, 0) is 48.5 Å². The van der Waals surface area contributed by atoms with E-state index in [-0.39, 0.29) is 414 Å². The maximum Gasteiger partial charge on any atom is 1.00 e. The number of carbonyl (C=O) groups excluding carboxylic acids is 2. The minimum Gasteiger partial charge on any atom is -0.462 e. The van der Waals surface area contributed by atoms with Crippen LogP contribution in [-0.2, 0) is 242 Å². The molecule has 4 fully saturated rings. The summed E-state index contributed by atoms with van der Waals surface area (Å²) in [5.74, 6) is -5.07. The Morgan fingerprint density at radius 2 is 0.381 bits per heavy atom. The van der Waals surface area contributed by atoms with Gasteiger partial charge in [-0.25, -0.2) is 58.6 Å². The van der Waals surface area contributed by atoms with Crippen molar-refractivity contribution < 1.29 is 701 Å². The van der Waals surface area contributed by atoms with Crippen molar-refractivity contribution in [2.45, 2.75) is 123 Å². The smallest absolute Gasteiger partial charge is 0.462 e. The summed E-state index contributed by atoms with van der Waals surface area (Å²) in [5, 5.41) is 3.90. The van der Waals surface area contributed by atoms with Crippen LogP contribution < -0.4 is 434 Å². The molecule has 0 radical (unpaired) electrons. The molecule has 0 aromatic heterocycles. The van der Waals surface area contributed by atoms with E-state index in [4.69, 9.17) is 37.9 Å². The molecule has 20 atom stereocenters. The minimum atomic E-state index is -6.35. The van der Waals surface area contributed by atoms with E-state index < -0.39 is 330 Å². The number of amides is 2. The maximum absolute atomic E-state index is 13.3. The van der Waals surface area contributed by atoms with Crippen LogP contribution in [-0.4, -0.2) is 343 Å². The first kappa shape index (κ1) is 161. The second-order valence-electron chi connectivity index (χ2n) is 22.3. The Morgan fingerprint density at radius 3 is 0.567 bits per heavy atom. The topological polar surface area (TPSA) is 1020 Å². The second-order valence-corrected chi connectivity index (χ2v) is 37.1. The SMILES string of the molecule is O=C(Nc1ccc(O[C@@H]2O[C@H](COS(=O)(=O)O)[C@@H](O[C@H]3O[C@H](COS(=O)(=O)O)[C@@H](OS(=O)(=O)O)[C@H](OS(=O)(=O)O)[C@H]3OS(=O)(=O)O)[C@H](OS(=O)(=O)O)[C@H]2OS(=O)(=O)O)cc1)C(=O)Nc1ccc(O[C@@H]2O[C@H](COS(=O)(=O)O)[C@@H](O[C@H]3O[C@H](COS(=O)(=O)O)[C@@H](OS(=O)(=O)O)[C@H](OS(=O)(=O)O)[C@H]3OS(=O)(=O)O)[C@H](OS(=O)(=O)O)[C@H]2OS(=O)(=O)O)cc1.[Na+].[Na+].[Na+].[Na+].[Na+].[Na+].[Na+].[Na+].[Na+].[Na+].[Na+].[Na+].[Na+].[Na+]. The molecule has 4 aliphatic heterocycles. The molecule has 2 amide bonds. The number of benzene rings is 2. The van der Waals surface area contributed by atoms with Gasteiger partial charge in [0.15, 0.2) is 37.0 Å². The van der Waals surface area contributed by atoms with Gasteiger partial charge in [0.2, 0.25) is 12.6 Å². The van der Waals surface area contributed by atoms with Gasteiger partial charge in [0.25, 0.3) is 0 Å². The van der Waals surface area contributed by atoms with Gasteiger partial charge >= 0.3 is 571 Å². The molecule has 0 spiro atoms. The molecular formula is C38H52N2Na14O66S14+14. The predicted octanol–water partition coefficient (Wildman–Crippen LogP) is -52.1. The average Bonchev–Trinajstić information content (AvgIpc) is 0.755. The van der Waals surface area contributed by atoms with Crippen LogP contribution in [0.5, 0.6) is 11.5 Å². The molecule has 0 bridgehead atoms. The molecule has 0 saturated carbocycles. The Labute approximate surface area is 1070 Å². The molecule has 96 heteroatoms. The molecular weight excluding hydrogens is 2310 g/mol. The fourth-order valence-electron chi connectivity index (χ4n) is 10.1. The van der Waals surface area contributed by atoms with E-state index in [9.17, 15) is 191 Å². The van der Waals surface area contributed by atoms with Crippen LogP contribution in [0.3, 0.4) is 0 Å². The molecule has 16 N–H and O–H groups in total. The molecule has 4 saturated heterocycles. The number of rotatable bonds is 42. The molecule has 0 unspecified atom stereocenters. The monoisotopic (exact) mass is 2360 g/mol. The summed E-state index contributed by atoms with van der Waals surface area (Å²) in [4.78, 5) is 26.5. The van der Waals surface area contributed by atoms with Crippen molar-refractivity contribution in [3.05, 3.63) is 48.5 Å². The number of hydrogen-bond donors (Lipinski definition) is 16. The van der Waals surface area contributed by atoms with Crippen molar-refractivity contribution in [3.8, 4) is 11.5 Å². The summed E-state index contributed by atoms with van der Waals surface area (Å²) in [7, 11) is -86.4. The van der Waals surface area contributed by atoms with Gasteiger partial charge in [0, 0.05) is 11.4 Å². The zero-order valence-electron chi connectivity index (χ0n) is 70.2. The Bertz CT molecular complexity index is 5430.